The molecule has 1 aliphatic rings. The Morgan fingerprint density at radius 1 is 1.07 bits per heavy atom. The smallest absolute Gasteiger partial charge is 0.257 e. The SMILES string of the molecule is COc1cccc(-c2nn(-c3ccccc3)cc2C(=O)N2CCC(C(N)=O)CC2)c1. The number of piperidine rings is 1. The van der Waals surface area contributed by atoms with Crippen molar-refractivity contribution < 1.29 is 14.3 Å². The summed E-state index contributed by atoms with van der Waals surface area (Å²) in [6, 6.07) is 17.2. The Labute approximate surface area is 175 Å². The summed E-state index contributed by atoms with van der Waals surface area (Å²) in [6.45, 7) is 1.00. The van der Waals surface area contributed by atoms with Crippen molar-refractivity contribution in [2.75, 3.05) is 20.2 Å². The first kappa shape index (κ1) is 19.7. The Kier molecular flexibility index (Phi) is 5.52. The number of para-hydroxylation sites is 1. The molecule has 2 heterocycles. The zero-order valence-corrected chi connectivity index (χ0v) is 16.8. The standard InChI is InChI=1S/C23H24N4O3/c1-30-19-9-5-6-17(14-19)21-20(15-27(25-21)18-7-3-2-4-8-18)23(29)26-12-10-16(11-13-26)22(24)28/h2-9,14-16H,10-13H2,1H3,(H2,24,28). The van der Waals surface area contributed by atoms with Crippen molar-refractivity contribution in [3.63, 3.8) is 0 Å². The molecule has 4 rings (SSSR count). The van der Waals surface area contributed by atoms with Gasteiger partial charge in [0.2, 0.25) is 5.91 Å². The number of methoxy groups -OCH3 is 1. The maximum Gasteiger partial charge on any atom is 0.257 e. The highest BCUT2D eigenvalue weighted by Gasteiger charge is 2.29. The molecule has 2 N–H and O–H groups in total. The fourth-order valence-corrected chi connectivity index (χ4v) is 3.76. The summed E-state index contributed by atoms with van der Waals surface area (Å²) in [6.07, 6.45) is 2.94. The summed E-state index contributed by atoms with van der Waals surface area (Å²) in [5.74, 6) is 0.135. The molecule has 0 aliphatic carbocycles. The number of hydrogen-bond donors (Lipinski definition) is 1. The normalized spacial score (nSPS) is 14.5. The molecule has 1 saturated heterocycles. The molecule has 0 bridgehead atoms. The first-order valence-electron chi connectivity index (χ1n) is 9.95. The fraction of sp³-hybridized carbons (Fsp3) is 0.261. The van der Waals surface area contributed by atoms with Crippen molar-refractivity contribution in [2.45, 2.75) is 12.8 Å². The number of carbonyl (C=O) groups excluding carboxylic acids is 2. The minimum absolute atomic E-state index is 0.0991. The first-order valence-corrected chi connectivity index (χ1v) is 9.95. The quantitative estimate of drug-likeness (QED) is 0.708. The van der Waals surface area contributed by atoms with Gasteiger partial charge in [-0.25, -0.2) is 4.68 Å². The number of aromatic nitrogens is 2. The monoisotopic (exact) mass is 404 g/mol. The average Bonchev–Trinajstić information content (AvgIpc) is 3.25. The predicted octanol–water partition coefficient (Wildman–Crippen LogP) is 2.89. The van der Waals surface area contributed by atoms with E-state index in [9.17, 15) is 9.59 Å². The number of likely N-dealkylation sites (tertiary alicyclic amines) is 1. The van der Waals surface area contributed by atoms with E-state index in [0.717, 1.165) is 11.3 Å². The molecule has 30 heavy (non-hydrogen) atoms. The molecule has 7 nitrogen and oxygen atoms in total. The van der Waals surface area contributed by atoms with Gasteiger partial charge < -0.3 is 15.4 Å². The number of hydrogen-bond acceptors (Lipinski definition) is 4. The Balaban J connectivity index is 1.71. The minimum Gasteiger partial charge on any atom is -0.497 e. The van der Waals surface area contributed by atoms with Crippen LogP contribution in [0.15, 0.2) is 60.8 Å². The molecule has 1 aliphatic heterocycles. The number of primary amides is 1. The van der Waals surface area contributed by atoms with Crippen LogP contribution < -0.4 is 10.5 Å². The highest BCUT2D eigenvalue weighted by molar-refractivity contribution is 6.00. The van der Waals surface area contributed by atoms with Crippen molar-refractivity contribution in [1.82, 2.24) is 14.7 Å². The van der Waals surface area contributed by atoms with Crippen LogP contribution in [0.4, 0.5) is 0 Å². The molecular formula is C23H24N4O3. The van der Waals surface area contributed by atoms with Gasteiger partial charge in [0.25, 0.3) is 5.91 Å². The van der Waals surface area contributed by atoms with Gasteiger partial charge in [-0.2, -0.15) is 5.10 Å². The highest BCUT2D eigenvalue weighted by atomic mass is 16.5. The van der Waals surface area contributed by atoms with Crippen molar-refractivity contribution in [3.8, 4) is 22.7 Å². The van der Waals surface area contributed by atoms with Crippen molar-refractivity contribution in [2.24, 2.45) is 11.7 Å². The fourth-order valence-electron chi connectivity index (χ4n) is 3.76. The molecule has 0 spiro atoms. The third-order valence-electron chi connectivity index (χ3n) is 5.49. The molecule has 154 valence electrons. The average molecular weight is 404 g/mol. The molecule has 0 saturated carbocycles. The number of rotatable bonds is 5. The van der Waals surface area contributed by atoms with Crippen molar-refractivity contribution in [3.05, 3.63) is 66.4 Å². The summed E-state index contributed by atoms with van der Waals surface area (Å²) in [4.78, 5) is 26.6. The zero-order chi connectivity index (χ0) is 21.1. The van der Waals surface area contributed by atoms with Gasteiger partial charge in [-0.3, -0.25) is 9.59 Å². The topological polar surface area (TPSA) is 90.5 Å². The van der Waals surface area contributed by atoms with Gasteiger partial charge in [0.15, 0.2) is 0 Å². The van der Waals surface area contributed by atoms with Crippen LogP contribution in [0.25, 0.3) is 16.9 Å². The number of nitrogens with zero attached hydrogens (tertiary/aromatic N) is 3. The third kappa shape index (κ3) is 3.91. The minimum atomic E-state index is -0.295. The van der Waals surface area contributed by atoms with E-state index in [1.165, 1.54) is 0 Å². The van der Waals surface area contributed by atoms with Crippen molar-refractivity contribution in [1.29, 1.82) is 0 Å². The molecule has 0 unspecified atom stereocenters. The van der Waals surface area contributed by atoms with Gasteiger partial charge in [0, 0.05) is 30.8 Å². The Bertz CT molecular complexity index is 1050. The largest absolute Gasteiger partial charge is 0.497 e. The molecule has 2 amide bonds. The van der Waals surface area contributed by atoms with Gasteiger partial charge in [0.05, 0.1) is 18.4 Å². The maximum atomic E-state index is 13.4. The summed E-state index contributed by atoms with van der Waals surface area (Å²) < 4.78 is 7.07. The van der Waals surface area contributed by atoms with E-state index in [1.807, 2.05) is 54.6 Å². The lowest BCUT2D eigenvalue weighted by molar-refractivity contribution is -0.123. The van der Waals surface area contributed by atoms with Crippen molar-refractivity contribution >= 4 is 11.8 Å². The molecule has 1 fully saturated rings. The maximum absolute atomic E-state index is 13.4. The summed E-state index contributed by atoms with van der Waals surface area (Å²) in [7, 11) is 1.61. The highest BCUT2D eigenvalue weighted by Crippen LogP contribution is 2.29. The number of amides is 2. The second-order valence-electron chi connectivity index (χ2n) is 7.37. The third-order valence-corrected chi connectivity index (χ3v) is 5.49. The molecule has 2 aromatic carbocycles. The summed E-state index contributed by atoms with van der Waals surface area (Å²) in [5.41, 5.74) is 8.22. The van der Waals surface area contributed by atoms with Crippen LogP contribution in [0.3, 0.4) is 0 Å². The van der Waals surface area contributed by atoms with Crippen LogP contribution in [0.1, 0.15) is 23.2 Å². The van der Waals surface area contributed by atoms with E-state index >= 15 is 0 Å². The van der Waals surface area contributed by atoms with Gasteiger partial charge in [-0.1, -0.05) is 30.3 Å². The molecule has 3 aromatic rings. The lowest BCUT2D eigenvalue weighted by Gasteiger charge is -2.30. The predicted molar refractivity (Wildman–Crippen MR) is 113 cm³/mol. The van der Waals surface area contributed by atoms with Gasteiger partial charge in [0.1, 0.15) is 11.4 Å². The number of carbonyl (C=O) groups is 2. The van der Waals surface area contributed by atoms with E-state index in [-0.39, 0.29) is 17.7 Å². The molecular weight excluding hydrogens is 380 g/mol. The van der Waals surface area contributed by atoms with E-state index < -0.39 is 0 Å². The van der Waals surface area contributed by atoms with Crippen LogP contribution in [0.2, 0.25) is 0 Å². The molecule has 0 atom stereocenters. The summed E-state index contributed by atoms with van der Waals surface area (Å²) in [5, 5.41) is 4.72. The number of ether oxygens (including phenoxy) is 1. The van der Waals surface area contributed by atoms with E-state index in [1.54, 1.807) is 22.9 Å². The van der Waals surface area contributed by atoms with Crippen LogP contribution in [0.5, 0.6) is 5.75 Å². The van der Waals surface area contributed by atoms with Gasteiger partial charge in [-0.05, 0) is 37.1 Å². The lowest BCUT2D eigenvalue weighted by atomic mass is 9.95. The Morgan fingerprint density at radius 2 is 1.80 bits per heavy atom. The molecule has 1 aromatic heterocycles. The second kappa shape index (κ2) is 8.41. The van der Waals surface area contributed by atoms with E-state index in [4.69, 9.17) is 15.6 Å². The second-order valence-corrected chi connectivity index (χ2v) is 7.37. The number of benzene rings is 2. The van der Waals surface area contributed by atoms with Crippen LogP contribution >= 0.6 is 0 Å². The van der Waals surface area contributed by atoms with Crippen LogP contribution in [-0.4, -0.2) is 46.7 Å². The Morgan fingerprint density at radius 3 is 2.47 bits per heavy atom. The van der Waals surface area contributed by atoms with E-state index in [0.29, 0.717) is 42.9 Å². The summed E-state index contributed by atoms with van der Waals surface area (Å²) >= 11 is 0. The molecule has 7 heteroatoms. The van der Waals surface area contributed by atoms with Crippen LogP contribution in [-0.2, 0) is 4.79 Å². The van der Waals surface area contributed by atoms with E-state index in [2.05, 4.69) is 0 Å². The zero-order valence-electron chi connectivity index (χ0n) is 16.8. The van der Waals surface area contributed by atoms with Gasteiger partial charge in [-0.15, -0.1) is 0 Å². The first-order chi connectivity index (χ1) is 14.6. The number of nitrogens with two attached hydrogens (primary N) is 1. The van der Waals surface area contributed by atoms with Crippen LogP contribution in [0, 0.1) is 5.92 Å². The molecule has 0 radical (unpaired) electrons. The van der Waals surface area contributed by atoms with Gasteiger partial charge >= 0.3 is 0 Å². The Hall–Kier alpha value is -3.61. The lowest BCUT2D eigenvalue weighted by Crippen LogP contribution is -2.41.